The fourth-order valence-corrected chi connectivity index (χ4v) is 3.48. The van der Waals surface area contributed by atoms with Crippen molar-refractivity contribution in [2.24, 2.45) is 0 Å². The van der Waals surface area contributed by atoms with Gasteiger partial charge in [-0.1, -0.05) is 23.7 Å². The number of hydrogen-bond acceptors (Lipinski definition) is 4. The molecule has 1 atom stereocenters. The first-order chi connectivity index (χ1) is 12.1. The van der Waals surface area contributed by atoms with Crippen molar-refractivity contribution < 1.29 is 18.7 Å². The van der Waals surface area contributed by atoms with Gasteiger partial charge in [-0.05, 0) is 29.8 Å². The maximum absolute atomic E-state index is 13.6. The molecule has 2 aliphatic heterocycles. The maximum atomic E-state index is 13.6. The molecule has 1 unspecified atom stereocenters. The lowest BCUT2D eigenvalue weighted by atomic mass is 10.0. The summed E-state index contributed by atoms with van der Waals surface area (Å²) in [7, 11) is 0. The van der Waals surface area contributed by atoms with Gasteiger partial charge in [0.05, 0.1) is 11.1 Å². The molecule has 2 aliphatic rings. The van der Waals surface area contributed by atoms with Crippen LogP contribution in [0.4, 0.5) is 4.39 Å². The average molecular weight is 363 g/mol. The predicted molar refractivity (Wildman–Crippen MR) is 90.6 cm³/mol. The zero-order valence-corrected chi connectivity index (χ0v) is 14.1. The highest BCUT2D eigenvalue weighted by atomic mass is 35.5. The number of piperazine rings is 1. The van der Waals surface area contributed by atoms with Crippen molar-refractivity contribution >= 4 is 17.5 Å². The summed E-state index contributed by atoms with van der Waals surface area (Å²) < 4.78 is 24.2. The molecule has 1 saturated heterocycles. The number of hydrogen-bond donors (Lipinski definition) is 1. The Morgan fingerprint density at radius 1 is 1.28 bits per heavy atom. The van der Waals surface area contributed by atoms with Crippen molar-refractivity contribution in [3.8, 4) is 11.5 Å². The smallest absolute Gasteiger partial charge is 0.254 e. The standard InChI is InChI=1S/C18H16ClFN2O3/c19-14-7-12(8-16-17(14)25-10-24-16)18(23)22-5-4-21-9-15(22)11-2-1-3-13(20)6-11/h1-3,6-8,15,21H,4-5,9-10H2. The lowest BCUT2D eigenvalue weighted by Crippen LogP contribution is -2.48. The van der Waals surface area contributed by atoms with E-state index in [9.17, 15) is 9.18 Å². The molecule has 0 spiro atoms. The monoisotopic (exact) mass is 362 g/mol. The second kappa shape index (κ2) is 6.54. The topological polar surface area (TPSA) is 50.8 Å². The van der Waals surface area contributed by atoms with Crippen LogP contribution < -0.4 is 14.8 Å². The van der Waals surface area contributed by atoms with E-state index in [1.54, 1.807) is 23.1 Å². The lowest BCUT2D eigenvalue weighted by Gasteiger charge is -2.36. The van der Waals surface area contributed by atoms with Gasteiger partial charge >= 0.3 is 0 Å². The van der Waals surface area contributed by atoms with E-state index in [4.69, 9.17) is 21.1 Å². The van der Waals surface area contributed by atoms with Gasteiger partial charge in [-0.2, -0.15) is 0 Å². The normalized spacial score (nSPS) is 19.1. The van der Waals surface area contributed by atoms with Crippen LogP contribution >= 0.6 is 11.6 Å². The van der Waals surface area contributed by atoms with Gasteiger partial charge in [-0.25, -0.2) is 4.39 Å². The number of nitrogens with zero attached hydrogens (tertiary/aromatic N) is 1. The van der Waals surface area contributed by atoms with E-state index in [1.807, 2.05) is 6.07 Å². The first kappa shape index (κ1) is 16.2. The Bertz CT molecular complexity index is 830. The fourth-order valence-electron chi connectivity index (χ4n) is 3.22. The zero-order chi connectivity index (χ0) is 17.4. The van der Waals surface area contributed by atoms with Crippen LogP contribution in [0.3, 0.4) is 0 Å². The Kier molecular flexibility index (Phi) is 4.23. The van der Waals surface area contributed by atoms with Crippen LogP contribution in [0.15, 0.2) is 36.4 Å². The summed E-state index contributed by atoms with van der Waals surface area (Å²) in [6, 6.07) is 9.31. The van der Waals surface area contributed by atoms with Crippen molar-refractivity contribution in [3.05, 3.63) is 58.4 Å². The minimum Gasteiger partial charge on any atom is -0.454 e. The van der Waals surface area contributed by atoms with Crippen molar-refractivity contribution in [2.75, 3.05) is 26.4 Å². The van der Waals surface area contributed by atoms with E-state index in [2.05, 4.69) is 5.32 Å². The molecule has 0 aliphatic carbocycles. The molecule has 2 aromatic carbocycles. The highest BCUT2D eigenvalue weighted by Gasteiger charge is 2.30. The molecule has 4 rings (SSSR count). The van der Waals surface area contributed by atoms with Crippen LogP contribution in [0, 0.1) is 5.82 Å². The molecule has 0 radical (unpaired) electrons. The quantitative estimate of drug-likeness (QED) is 0.892. The summed E-state index contributed by atoms with van der Waals surface area (Å²) in [6.07, 6.45) is 0. The molecular weight excluding hydrogens is 347 g/mol. The lowest BCUT2D eigenvalue weighted by molar-refractivity contribution is 0.0633. The largest absolute Gasteiger partial charge is 0.454 e. The molecular formula is C18H16ClFN2O3. The molecule has 7 heteroatoms. The van der Waals surface area contributed by atoms with Gasteiger partial charge in [0.1, 0.15) is 5.82 Å². The number of fused-ring (bicyclic) bond motifs is 1. The second-order valence-corrected chi connectivity index (χ2v) is 6.37. The molecule has 0 saturated carbocycles. The van der Waals surface area contributed by atoms with Crippen molar-refractivity contribution in [1.29, 1.82) is 0 Å². The SMILES string of the molecule is O=C(c1cc(Cl)c2c(c1)OCO2)N1CCNCC1c1cccc(F)c1. The van der Waals surface area contributed by atoms with Gasteiger partial charge in [0.15, 0.2) is 11.5 Å². The molecule has 0 bridgehead atoms. The molecule has 0 aromatic heterocycles. The Labute approximate surface area is 149 Å². The van der Waals surface area contributed by atoms with Crippen LogP contribution in [-0.4, -0.2) is 37.2 Å². The molecule has 130 valence electrons. The number of rotatable bonds is 2. The fraction of sp³-hybridized carbons (Fsp3) is 0.278. The summed E-state index contributed by atoms with van der Waals surface area (Å²) in [6.45, 7) is 1.85. The predicted octanol–water partition coefficient (Wildman–Crippen LogP) is 2.99. The third-order valence-electron chi connectivity index (χ3n) is 4.41. The van der Waals surface area contributed by atoms with E-state index >= 15 is 0 Å². The van der Waals surface area contributed by atoms with Gasteiger partial charge in [-0.3, -0.25) is 4.79 Å². The number of carbonyl (C=O) groups is 1. The summed E-state index contributed by atoms with van der Waals surface area (Å²) >= 11 is 6.19. The van der Waals surface area contributed by atoms with E-state index in [-0.39, 0.29) is 24.6 Å². The van der Waals surface area contributed by atoms with Gasteiger partial charge in [0.25, 0.3) is 5.91 Å². The number of halogens is 2. The summed E-state index contributed by atoms with van der Waals surface area (Å²) in [5.41, 5.74) is 1.19. The third kappa shape index (κ3) is 3.03. The molecule has 5 nitrogen and oxygen atoms in total. The van der Waals surface area contributed by atoms with Gasteiger partial charge in [0, 0.05) is 25.2 Å². The van der Waals surface area contributed by atoms with E-state index in [0.717, 1.165) is 5.56 Å². The van der Waals surface area contributed by atoms with Crippen molar-refractivity contribution in [1.82, 2.24) is 10.2 Å². The van der Waals surface area contributed by atoms with Gasteiger partial charge < -0.3 is 19.7 Å². The second-order valence-electron chi connectivity index (χ2n) is 5.97. The Morgan fingerprint density at radius 2 is 2.16 bits per heavy atom. The zero-order valence-electron chi connectivity index (χ0n) is 13.3. The van der Waals surface area contributed by atoms with Gasteiger partial charge in [0.2, 0.25) is 6.79 Å². The molecule has 25 heavy (non-hydrogen) atoms. The van der Waals surface area contributed by atoms with Crippen LogP contribution in [0.1, 0.15) is 22.0 Å². The third-order valence-corrected chi connectivity index (χ3v) is 4.69. The number of nitrogens with one attached hydrogen (secondary N) is 1. The summed E-state index contributed by atoms with van der Waals surface area (Å²) in [5, 5.41) is 3.60. The first-order valence-electron chi connectivity index (χ1n) is 8.00. The number of benzene rings is 2. The van der Waals surface area contributed by atoms with Crippen molar-refractivity contribution in [2.45, 2.75) is 6.04 Å². The van der Waals surface area contributed by atoms with Crippen LogP contribution in [-0.2, 0) is 0 Å². The molecule has 2 heterocycles. The van der Waals surface area contributed by atoms with E-state index < -0.39 is 0 Å². The molecule has 1 fully saturated rings. The highest BCUT2D eigenvalue weighted by Crippen LogP contribution is 2.40. The Hall–Kier alpha value is -2.31. The van der Waals surface area contributed by atoms with Crippen LogP contribution in [0.25, 0.3) is 0 Å². The first-order valence-corrected chi connectivity index (χ1v) is 8.37. The minimum atomic E-state index is -0.318. The minimum absolute atomic E-state index is 0.0895. The number of amides is 1. The van der Waals surface area contributed by atoms with Crippen LogP contribution in [0.2, 0.25) is 5.02 Å². The Morgan fingerprint density at radius 3 is 3.00 bits per heavy atom. The average Bonchev–Trinajstić information content (AvgIpc) is 3.10. The van der Waals surface area contributed by atoms with Gasteiger partial charge in [-0.15, -0.1) is 0 Å². The van der Waals surface area contributed by atoms with Crippen LogP contribution in [0.5, 0.6) is 11.5 Å². The maximum Gasteiger partial charge on any atom is 0.254 e. The molecule has 1 N–H and O–H groups in total. The summed E-state index contributed by atoms with van der Waals surface area (Å²) in [4.78, 5) is 14.8. The molecule has 1 amide bonds. The summed E-state index contributed by atoms with van der Waals surface area (Å²) in [5.74, 6) is 0.436. The Balaban J connectivity index is 1.67. The number of ether oxygens (including phenoxy) is 2. The molecule has 2 aromatic rings. The number of carbonyl (C=O) groups excluding carboxylic acids is 1. The van der Waals surface area contributed by atoms with E-state index in [1.165, 1.54) is 12.1 Å². The van der Waals surface area contributed by atoms with E-state index in [0.29, 0.717) is 41.7 Å². The highest BCUT2D eigenvalue weighted by molar-refractivity contribution is 6.32. The van der Waals surface area contributed by atoms with Crippen molar-refractivity contribution in [3.63, 3.8) is 0 Å².